The van der Waals surface area contributed by atoms with E-state index in [4.69, 9.17) is 4.74 Å². The van der Waals surface area contributed by atoms with Crippen LogP contribution in [-0.2, 0) is 9.53 Å². The number of amides is 1. The summed E-state index contributed by atoms with van der Waals surface area (Å²) in [5.74, 6) is 0.216. The Morgan fingerprint density at radius 1 is 1.50 bits per heavy atom. The van der Waals surface area contributed by atoms with Crippen molar-refractivity contribution in [3.8, 4) is 0 Å². The van der Waals surface area contributed by atoms with E-state index in [1.54, 1.807) is 18.4 Å². The minimum Gasteiger partial charge on any atom is -0.381 e. The van der Waals surface area contributed by atoms with Gasteiger partial charge in [0.05, 0.1) is 12.6 Å². The third kappa shape index (κ3) is 2.06. The molecule has 4 nitrogen and oxygen atoms in total. The molecule has 3 atom stereocenters. The smallest absolute Gasteiger partial charge is 0.238 e. The standard InChI is InChI=1S/C13H18N2O2S/c1-17-11-3-2-10(6-11)15-12(16)7-14-13(15)9-4-5-18-8-9/h4-5,8,10-11,13-14H,2-3,6-7H2,1H3. The van der Waals surface area contributed by atoms with Gasteiger partial charge in [0.2, 0.25) is 5.91 Å². The Morgan fingerprint density at radius 3 is 3.06 bits per heavy atom. The highest BCUT2D eigenvalue weighted by Crippen LogP contribution is 2.34. The van der Waals surface area contributed by atoms with Gasteiger partial charge in [0, 0.05) is 13.2 Å². The lowest BCUT2D eigenvalue weighted by molar-refractivity contribution is -0.130. The summed E-state index contributed by atoms with van der Waals surface area (Å²) in [6.07, 6.45) is 3.44. The number of nitrogens with zero attached hydrogens (tertiary/aromatic N) is 1. The predicted octanol–water partition coefficient (Wildman–Crippen LogP) is 1.75. The van der Waals surface area contributed by atoms with Crippen LogP contribution < -0.4 is 5.32 Å². The average molecular weight is 266 g/mol. The Hall–Kier alpha value is -0.910. The number of nitrogens with one attached hydrogen (secondary N) is 1. The zero-order valence-electron chi connectivity index (χ0n) is 10.5. The number of thiophene rings is 1. The first-order chi connectivity index (χ1) is 8.79. The summed E-state index contributed by atoms with van der Waals surface area (Å²) in [7, 11) is 1.76. The molecule has 0 aromatic carbocycles. The van der Waals surface area contributed by atoms with Crippen LogP contribution in [0.4, 0.5) is 0 Å². The number of rotatable bonds is 3. The van der Waals surface area contributed by atoms with E-state index in [9.17, 15) is 4.79 Å². The molecule has 2 heterocycles. The summed E-state index contributed by atoms with van der Waals surface area (Å²) < 4.78 is 5.41. The van der Waals surface area contributed by atoms with Gasteiger partial charge in [0.1, 0.15) is 6.17 Å². The molecule has 3 unspecified atom stereocenters. The molecule has 3 rings (SSSR count). The van der Waals surface area contributed by atoms with Crippen LogP contribution >= 0.6 is 11.3 Å². The van der Waals surface area contributed by atoms with Crippen LogP contribution in [0.3, 0.4) is 0 Å². The second-order valence-corrected chi connectivity index (χ2v) is 5.75. The first-order valence-corrected chi connectivity index (χ1v) is 7.33. The molecule has 1 aliphatic heterocycles. The molecular weight excluding hydrogens is 248 g/mol. The minimum atomic E-state index is 0.0596. The summed E-state index contributed by atoms with van der Waals surface area (Å²) in [5, 5.41) is 7.49. The van der Waals surface area contributed by atoms with Crippen molar-refractivity contribution >= 4 is 17.2 Å². The van der Waals surface area contributed by atoms with Crippen LogP contribution in [0.15, 0.2) is 16.8 Å². The van der Waals surface area contributed by atoms with Gasteiger partial charge in [-0.2, -0.15) is 11.3 Å². The molecular formula is C13H18N2O2S. The average Bonchev–Trinajstić information content (AvgIpc) is 3.07. The van der Waals surface area contributed by atoms with Crippen LogP contribution in [0.2, 0.25) is 0 Å². The van der Waals surface area contributed by atoms with Crippen molar-refractivity contribution in [3.63, 3.8) is 0 Å². The minimum absolute atomic E-state index is 0.0596. The fraction of sp³-hybridized carbons (Fsp3) is 0.615. The van der Waals surface area contributed by atoms with E-state index < -0.39 is 0 Å². The molecule has 1 aromatic heterocycles. The topological polar surface area (TPSA) is 41.6 Å². The fourth-order valence-electron chi connectivity index (χ4n) is 3.03. The molecule has 1 aromatic rings. The first kappa shape index (κ1) is 12.1. The van der Waals surface area contributed by atoms with Gasteiger partial charge >= 0.3 is 0 Å². The molecule has 2 fully saturated rings. The lowest BCUT2D eigenvalue weighted by Crippen LogP contribution is -2.38. The normalized spacial score (nSPS) is 32.4. The quantitative estimate of drug-likeness (QED) is 0.906. The third-order valence-electron chi connectivity index (χ3n) is 3.96. The number of hydrogen-bond donors (Lipinski definition) is 1. The highest BCUT2D eigenvalue weighted by atomic mass is 32.1. The molecule has 1 amide bonds. The first-order valence-electron chi connectivity index (χ1n) is 6.39. The summed E-state index contributed by atoms with van der Waals surface area (Å²) in [6, 6.07) is 2.42. The molecule has 18 heavy (non-hydrogen) atoms. The van der Waals surface area contributed by atoms with E-state index in [0.717, 1.165) is 19.3 Å². The highest BCUT2D eigenvalue weighted by molar-refractivity contribution is 7.07. The van der Waals surface area contributed by atoms with Gasteiger partial charge in [-0.05, 0) is 41.7 Å². The van der Waals surface area contributed by atoms with Gasteiger partial charge in [0.25, 0.3) is 0 Å². The SMILES string of the molecule is COC1CCC(N2C(=O)CNC2c2ccsc2)C1. The number of ether oxygens (including phenoxy) is 1. The van der Waals surface area contributed by atoms with Gasteiger partial charge in [0.15, 0.2) is 0 Å². The highest BCUT2D eigenvalue weighted by Gasteiger charge is 2.40. The Labute approximate surface area is 111 Å². The van der Waals surface area contributed by atoms with E-state index >= 15 is 0 Å². The Kier molecular flexibility index (Phi) is 3.37. The molecule has 1 saturated carbocycles. The molecule has 2 aliphatic rings. The second-order valence-electron chi connectivity index (χ2n) is 4.97. The zero-order chi connectivity index (χ0) is 12.5. The lowest BCUT2D eigenvalue weighted by Gasteiger charge is -2.30. The lowest BCUT2D eigenvalue weighted by atomic mass is 10.1. The van der Waals surface area contributed by atoms with Gasteiger partial charge < -0.3 is 9.64 Å². The molecule has 1 aliphatic carbocycles. The van der Waals surface area contributed by atoms with Crippen molar-refractivity contribution in [1.29, 1.82) is 0 Å². The van der Waals surface area contributed by atoms with Gasteiger partial charge in [-0.3, -0.25) is 10.1 Å². The Balaban J connectivity index is 1.78. The molecule has 5 heteroatoms. The van der Waals surface area contributed by atoms with Crippen LogP contribution in [0, 0.1) is 0 Å². The molecule has 0 radical (unpaired) electrons. The van der Waals surface area contributed by atoms with Crippen LogP contribution in [0.25, 0.3) is 0 Å². The van der Waals surface area contributed by atoms with Crippen LogP contribution in [0.1, 0.15) is 31.0 Å². The van der Waals surface area contributed by atoms with Crippen LogP contribution in [-0.4, -0.2) is 36.6 Å². The second kappa shape index (κ2) is 4.99. The van der Waals surface area contributed by atoms with Crippen molar-refractivity contribution in [2.45, 2.75) is 37.6 Å². The van der Waals surface area contributed by atoms with Gasteiger partial charge in [-0.1, -0.05) is 0 Å². The van der Waals surface area contributed by atoms with Crippen molar-refractivity contribution in [2.75, 3.05) is 13.7 Å². The van der Waals surface area contributed by atoms with Crippen molar-refractivity contribution in [1.82, 2.24) is 10.2 Å². The summed E-state index contributed by atoms with van der Waals surface area (Å²) in [5.41, 5.74) is 1.20. The number of carbonyl (C=O) groups is 1. The van der Waals surface area contributed by atoms with E-state index in [-0.39, 0.29) is 12.1 Å². The number of methoxy groups -OCH3 is 1. The maximum atomic E-state index is 12.1. The zero-order valence-corrected chi connectivity index (χ0v) is 11.3. The largest absolute Gasteiger partial charge is 0.381 e. The Bertz CT molecular complexity index is 421. The monoisotopic (exact) mass is 266 g/mol. The summed E-state index contributed by atoms with van der Waals surface area (Å²) in [4.78, 5) is 14.1. The van der Waals surface area contributed by atoms with Gasteiger partial charge in [-0.25, -0.2) is 0 Å². The van der Waals surface area contributed by atoms with Gasteiger partial charge in [-0.15, -0.1) is 0 Å². The maximum Gasteiger partial charge on any atom is 0.238 e. The van der Waals surface area contributed by atoms with Crippen molar-refractivity contribution in [3.05, 3.63) is 22.4 Å². The fourth-order valence-corrected chi connectivity index (χ4v) is 3.70. The number of carbonyl (C=O) groups excluding carboxylic acids is 1. The molecule has 0 bridgehead atoms. The molecule has 98 valence electrons. The van der Waals surface area contributed by atoms with Crippen molar-refractivity contribution in [2.24, 2.45) is 0 Å². The van der Waals surface area contributed by atoms with E-state index in [0.29, 0.717) is 18.7 Å². The Morgan fingerprint density at radius 2 is 2.39 bits per heavy atom. The maximum absolute atomic E-state index is 12.1. The molecule has 1 N–H and O–H groups in total. The van der Waals surface area contributed by atoms with Crippen molar-refractivity contribution < 1.29 is 9.53 Å². The van der Waals surface area contributed by atoms with Crippen LogP contribution in [0.5, 0.6) is 0 Å². The number of hydrogen-bond acceptors (Lipinski definition) is 4. The predicted molar refractivity (Wildman–Crippen MR) is 70.3 cm³/mol. The summed E-state index contributed by atoms with van der Waals surface area (Å²) >= 11 is 1.67. The molecule has 1 saturated heterocycles. The van der Waals surface area contributed by atoms with E-state index in [1.165, 1.54) is 5.56 Å². The van der Waals surface area contributed by atoms with E-state index in [2.05, 4.69) is 22.1 Å². The molecule has 0 spiro atoms. The van der Waals surface area contributed by atoms with E-state index in [1.807, 2.05) is 4.90 Å². The third-order valence-corrected chi connectivity index (χ3v) is 4.66. The summed E-state index contributed by atoms with van der Waals surface area (Å²) in [6.45, 7) is 0.453.